The molecule has 3 nitrogen and oxygen atoms in total. The molecule has 1 saturated heterocycles. The van der Waals surface area contributed by atoms with Gasteiger partial charge in [0.1, 0.15) is 0 Å². The van der Waals surface area contributed by atoms with Crippen LogP contribution in [-0.4, -0.2) is 30.4 Å². The van der Waals surface area contributed by atoms with E-state index >= 15 is 0 Å². The number of nitrogens with two attached hydrogens (primary N) is 1. The van der Waals surface area contributed by atoms with Crippen LogP contribution in [0.25, 0.3) is 0 Å². The summed E-state index contributed by atoms with van der Waals surface area (Å²) in [5, 5.41) is 0. The summed E-state index contributed by atoms with van der Waals surface area (Å²) in [5.41, 5.74) is 5.60. The normalized spacial score (nSPS) is 27.8. The van der Waals surface area contributed by atoms with E-state index in [1.165, 1.54) is 19.3 Å². The molecular weight excluding hydrogens is 176 g/mol. The first kappa shape index (κ1) is 9.97. The molecule has 0 aromatic carbocycles. The van der Waals surface area contributed by atoms with Crippen molar-refractivity contribution < 1.29 is 4.79 Å². The first-order valence-electron chi connectivity index (χ1n) is 5.77. The van der Waals surface area contributed by atoms with Crippen LogP contribution in [0, 0.1) is 11.8 Å². The Balaban J connectivity index is 1.74. The lowest BCUT2D eigenvalue weighted by Crippen LogP contribution is -2.32. The summed E-state index contributed by atoms with van der Waals surface area (Å²) in [4.78, 5) is 13.8. The van der Waals surface area contributed by atoms with Crippen LogP contribution >= 0.6 is 0 Å². The zero-order valence-electron chi connectivity index (χ0n) is 8.74. The fourth-order valence-corrected chi connectivity index (χ4v) is 2.32. The number of nitrogens with zero attached hydrogens (tertiary/aromatic N) is 1. The van der Waals surface area contributed by atoms with Crippen LogP contribution in [0.5, 0.6) is 0 Å². The standard InChI is InChI=1S/C11H20N2O/c12-7-10-4-5-13(8-10)11(14)6-9-2-1-3-9/h9-10H,1-8,12H2. The summed E-state index contributed by atoms with van der Waals surface area (Å²) in [6.07, 6.45) is 5.74. The van der Waals surface area contributed by atoms with Crippen molar-refractivity contribution in [1.29, 1.82) is 0 Å². The zero-order chi connectivity index (χ0) is 9.97. The quantitative estimate of drug-likeness (QED) is 0.731. The Kier molecular flexibility index (Phi) is 3.06. The molecule has 1 amide bonds. The fraction of sp³-hybridized carbons (Fsp3) is 0.909. The summed E-state index contributed by atoms with van der Waals surface area (Å²) in [6.45, 7) is 2.57. The van der Waals surface area contributed by atoms with Crippen molar-refractivity contribution >= 4 is 5.91 Å². The summed E-state index contributed by atoms with van der Waals surface area (Å²) in [7, 11) is 0. The van der Waals surface area contributed by atoms with Crippen molar-refractivity contribution in [1.82, 2.24) is 4.90 Å². The summed E-state index contributed by atoms with van der Waals surface area (Å²) < 4.78 is 0. The van der Waals surface area contributed by atoms with Gasteiger partial charge in [-0.1, -0.05) is 6.42 Å². The van der Waals surface area contributed by atoms with E-state index in [0.717, 1.165) is 32.5 Å². The predicted molar refractivity (Wildman–Crippen MR) is 55.7 cm³/mol. The molecule has 1 atom stereocenters. The zero-order valence-corrected chi connectivity index (χ0v) is 8.74. The van der Waals surface area contributed by atoms with Gasteiger partial charge in [-0.15, -0.1) is 0 Å². The van der Waals surface area contributed by atoms with Crippen LogP contribution in [0.15, 0.2) is 0 Å². The second-order valence-electron chi connectivity index (χ2n) is 4.73. The SMILES string of the molecule is NCC1CCN(C(=O)CC2CCC2)C1. The Morgan fingerprint density at radius 1 is 1.29 bits per heavy atom. The molecule has 1 aliphatic heterocycles. The molecule has 0 aromatic heterocycles. The van der Waals surface area contributed by atoms with Gasteiger partial charge in [0.05, 0.1) is 0 Å². The molecule has 0 bridgehead atoms. The maximum absolute atomic E-state index is 11.8. The first-order valence-corrected chi connectivity index (χ1v) is 5.77. The molecule has 1 heterocycles. The molecule has 0 aromatic rings. The average Bonchev–Trinajstić information content (AvgIpc) is 2.59. The number of hydrogen-bond donors (Lipinski definition) is 1. The van der Waals surface area contributed by atoms with Gasteiger partial charge < -0.3 is 10.6 Å². The van der Waals surface area contributed by atoms with Gasteiger partial charge >= 0.3 is 0 Å². The maximum atomic E-state index is 11.8. The maximum Gasteiger partial charge on any atom is 0.222 e. The minimum absolute atomic E-state index is 0.366. The molecular formula is C11H20N2O. The Bertz CT molecular complexity index is 213. The average molecular weight is 196 g/mol. The van der Waals surface area contributed by atoms with Crippen molar-refractivity contribution in [2.75, 3.05) is 19.6 Å². The molecule has 0 radical (unpaired) electrons. The Morgan fingerprint density at radius 2 is 2.07 bits per heavy atom. The van der Waals surface area contributed by atoms with Crippen LogP contribution < -0.4 is 5.73 Å². The summed E-state index contributed by atoms with van der Waals surface area (Å²) >= 11 is 0. The number of amides is 1. The van der Waals surface area contributed by atoms with Crippen LogP contribution in [0.2, 0.25) is 0 Å². The smallest absolute Gasteiger partial charge is 0.222 e. The molecule has 14 heavy (non-hydrogen) atoms. The van der Waals surface area contributed by atoms with Gasteiger partial charge in [0, 0.05) is 19.5 Å². The second kappa shape index (κ2) is 4.30. The summed E-state index contributed by atoms with van der Waals surface area (Å²) in [6, 6.07) is 0. The van der Waals surface area contributed by atoms with E-state index < -0.39 is 0 Å². The Hall–Kier alpha value is -0.570. The van der Waals surface area contributed by atoms with Crippen molar-refractivity contribution in [2.45, 2.75) is 32.1 Å². The molecule has 0 spiro atoms. The van der Waals surface area contributed by atoms with Crippen LogP contribution in [0.1, 0.15) is 32.1 Å². The molecule has 2 aliphatic rings. The molecule has 2 N–H and O–H groups in total. The monoisotopic (exact) mass is 196 g/mol. The van der Waals surface area contributed by atoms with E-state index in [0.29, 0.717) is 17.7 Å². The van der Waals surface area contributed by atoms with Gasteiger partial charge in [-0.25, -0.2) is 0 Å². The van der Waals surface area contributed by atoms with Crippen LogP contribution in [-0.2, 0) is 4.79 Å². The highest BCUT2D eigenvalue weighted by Crippen LogP contribution is 2.30. The van der Waals surface area contributed by atoms with Gasteiger partial charge in [-0.2, -0.15) is 0 Å². The first-order chi connectivity index (χ1) is 6.79. The molecule has 2 fully saturated rings. The lowest BCUT2D eigenvalue weighted by Gasteiger charge is -2.27. The highest BCUT2D eigenvalue weighted by molar-refractivity contribution is 5.76. The molecule has 1 unspecified atom stereocenters. The van der Waals surface area contributed by atoms with E-state index in [2.05, 4.69) is 0 Å². The topological polar surface area (TPSA) is 46.3 Å². The molecule has 2 rings (SSSR count). The predicted octanol–water partition coefficient (Wildman–Crippen LogP) is 0.984. The van der Waals surface area contributed by atoms with Gasteiger partial charge in [0.25, 0.3) is 0 Å². The molecule has 1 saturated carbocycles. The van der Waals surface area contributed by atoms with E-state index in [4.69, 9.17) is 5.73 Å². The Labute approximate surface area is 85.6 Å². The third kappa shape index (κ3) is 2.08. The van der Waals surface area contributed by atoms with Crippen molar-refractivity contribution in [3.63, 3.8) is 0 Å². The van der Waals surface area contributed by atoms with E-state index in [1.807, 2.05) is 4.90 Å². The minimum Gasteiger partial charge on any atom is -0.342 e. The molecule has 80 valence electrons. The minimum atomic E-state index is 0.366. The van der Waals surface area contributed by atoms with Crippen molar-refractivity contribution in [2.24, 2.45) is 17.6 Å². The summed E-state index contributed by atoms with van der Waals surface area (Å²) in [5.74, 6) is 1.62. The third-order valence-corrected chi connectivity index (χ3v) is 3.66. The van der Waals surface area contributed by atoms with Gasteiger partial charge in [0.15, 0.2) is 0 Å². The van der Waals surface area contributed by atoms with E-state index in [9.17, 15) is 4.79 Å². The number of rotatable bonds is 3. The lowest BCUT2D eigenvalue weighted by atomic mass is 9.83. The Morgan fingerprint density at radius 3 is 2.57 bits per heavy atom. The van der Waals surface area contributed by atoms with E-state index in [-0.39, 0.29) is 0 Å². The van der Waals surface area contributed by atoms with Crippen molar-refractivity contribution in [3.8, 4) is 0 Å². The highest BCUT2D eigenvalue weighted by Gasteiger charge is 2.28. The number of likely N-dealkylation sites (tertiary alicyclic amines) is 1. The van der Waals surface area contributed by atoms with Crippen molar-refractivity contribution in [3.05, 3.63) is 0 Å². The number of carbonyl (C=O) groups excluding carboxylic acids is 1. The van der Waals surface area contributed by atoms with Gasteiger partial charge in [-0.05, 0) is 37.6 Å². The largest absolute Gasteiger partial charge is 0.342 e. The lowest BCUT2D eigenvalue weighted by molar-refractivity contribution is -0.131. The third-order valence-electron chi connectivity index (χ3n) is 3.66. The second-order valence-corrected chi connectivity index (χ2v) is 4.73. The van der Waals surface area contributed by atoms with Gasteiger partial charge in [-0.3, -0.25) is 4.79 Å². The molecule has 1 aliphatic carbocycles. The number of carbonyl (C=O) groups is 1. The van der Waals surface area contributed by atoms with Crippen LogP contribution in [0.3, 0.4) is 0 Å². The van der Waals surface area contributed by atoms with E-state index in [1.54, 1.807) is 0 Å². The van der Waals surface area contributed by atoms with Gasteiger partial charge in [0.2, 0.25) is 5.91 Å². The van der Waals surface area contributed by atoms with Crippen LogP contribution in [0.4, 0.5) is 0 Å². The molecule has 3 heteroatoms. The fourth-order valence-electron chi connectivity index (χ4n) is 2.32. The highest BCUT2D eigenvalue weighted by atomic mass is 16.2. The number of hydrogen-bond acceptors (Lipinski definition) is 2.